The van der Waals surface area contributed by atoms with Gasteiger partial charge in [-0.3, -0.25) is 0 Å². The van der Waals surface area contributed by atoms with Crippen LogP contribution in [0.4, 0.5) is 0 Å². The van der Waals surface area contributed by atoms with Crippen LogP contribution in [-0.2, 0) is 0 Å². The van der Waals surface area contributed by atoms with Gasteiger partial charge in [-0.2, -0.15) is 0 Å². The van der Waals surface area contributed by atoms with Crippen molar-refractivity contribution in [3.8, 4) is 5.75 Å². The maximum absolute atomic E-state index is 10.4. The summed E-state index contributed by atoms with van der Waals surface area (Å²) in [7, 11) is 1.63. The van der Waals surface area contributed by atoms with E-state index in [1.807, 2.05) is 32.9 Å². The molecule has 18 heavy (non-hydrogen) atoms. The fourth-order valence-corrected chi connectivity index (χ4v) is 2.75. The number of ether oxygens (including phenoxy) is 1. The molecule has 1 aromatic heterocycles. The lowest BCUT2D eigenvalue weighted by atomic mass is 10.00. The van der Waals surface area contributed by atoms with Crippen LogP contribution in [0.5, 0.6) is 5.75 Å². The molecule has 1 aromatic carbocycles. The highest BCUT2D eigenvalue weighted by Crippen LogP contribution is 2.35. The van der Waals surface area contributed by atoms with Crippen LogP contribution in [0, 0.1) is 20.8 Å². The number of aliphatic hydroxyl groups is 1. The zero-order chi connectivity index (χ0) is 13.3. The Morgan fingerprint density at radius 2 is 2.00 bits per heavy atom. The molecule has 1 heterocycles. The van der Waals surface area contributed by atoms with E-state index in [9.17, 15) is 5.11 Å². The van der Waals surface area contributed by atoms with Gasteiger partial charge in [0.1, 0.15) is 11.9 Å². The van der Waals surface area contributed by atoms with Crippen molar-refractivity contribution in [2.75, 3.05) is 7.11 Å². The molecular formula is C14H17NO2S. The number of methoxy groups -OCH3 is 1. The first-order valence-electron chi connectivity index (χ1n) is 5.79. The molecule has 1 atom stereocenters. The molecule has 0 spiro atoms. The highest BCUT2D eigenvalue weighted by Gasteiger charge is 2.19. The van der Waals surface area contributed by atoms with Crippen LogP contribution >= 0.6 is 11.3 Å². The van der Waals surface area contributed by atoms with Gasteiger partial charge in [0.05, 0.1) is 17.0 Å². The van der Waals surface area contributed by atoms with Crippen LogP contribution in [0.1, 0.15) is 32.7 Å². The van der Waals surface area contributed by atoms with E-state index in [1.165, 1.54) is 11.3 Å². The number of hydrogen-bond acceptors (Lipinski definition) is 4. The lowest BCUT2D eigenvalue weighted by Crippen LogP contribution is -2.03. The Kier molecular flexibility index (Phi) is 3.68. The van der Waals surface area contributed by atoms with Crippen LogP contribution in [-0.4, -0.2) is 17.2 Å². The summed E-state index contributed by atoms with van der Waals surface area (Å²) in [6, 6.07) is 3.92. The summed E-state index contributed by atoms with van der Waals surface area (Å²) in [5, 5.41) is 11.4. The molecule has 0 saturated carbocycles. The van der Waals surface area contributed by atoms with Gasteiger partial charge in [0.25, 0.3) is 0 Å². The van der Waals surface area contributed by atoms with Gasteiger partial charge in [-0.05, 0) is 31.9 Å². The van der Waals surface area contributed by atoms with Crippen molar-refractivity contribution in [3.63, 3.8) is 0 Å². The van der Waals surface area contributed by atoms with E-state index in [-0.39, 0.29) is 0 Å². The molecule has 1 N–H and O–H groups in total. The molecule has 0 aliphatic heterocycles. The normalized spacial score (nSPS) is 12.5. The van der Waals surface area contributed by atoms with Gasteiger partial charge in [0.15, 0.2) is 0 Å². The van der Waals surface area contributed by atoms with Crippen molar-refractivity contribution in [1.29, 1.82) is 0 Å². The minimum atomic E-state index is -0.676. The molecule has 0 bridgehead atoms. The number of aliphatic hydroxyl groups excluding tert-OH is 1. The molecule has 2 aromatic rings. The number of thiazole rings is 1. The van der Waals surface area contributed by atoms with Gasteiger partial charge >= 0.3 is 0 Å². The third-order valence-electron chi connectivity index (χ3n) is 3.11. The SMILES string of the molecule is COc1c(C(O)c2cnc(C)s2)ccc(C)c1C. The summed E-state index contributed by atoms with van der Waals surface area (Å²) in [5.41, 5.74) is 3.02. The van der Waals surface area contributed by atoms with Crippen LogP contribution in [0.3, 0.4) is 0 Å². The zero-order valence-corrected chi connectivity index (χ0v) is 11.8. The lowest BCUT2D eigenvalue weighted by Gasteiger charge is -2.16. The second-order valence-corrected chi connectivity index (χ2v) is 5.58. The number of benzene rings is 1. The predicted molar refractivity (Wildman–Crippen MR) is 73.4 cm³/mol. The van der Waals surface area contributed by atoms with Crippen molar-refractivity contribution >= 4 is 11.3 Å². The summed E-state index contributed by atoms with van der Waals surface area (Å²) >= 11 is 1.50. The van der Waals surface area contributed by atoms with E-state index >= 15 is 0 Å². The Labute approximate surface area is 111 Å². The van der Waals surface area contributed by atoms with Crippen molar-refractivity contribution in [2.24, 2.45) is 0 Å². The first kappa shape index (κ1) is 13.1. The predicted octanol–water partition coefficient (Wildman–Crippen LogP) is 3.16. The van der Waals surface area contributed by atoms with Gasteiger partial charge in [-0.15, -0.1) is 11.3 Å². The summed E-state index contributed by atoms with van der Waals surface area (Å²) in [4.78, 5) is 5.02. The van der Waals surface area contributed by atoms with E-state index in [0.717, 1.165) is 32.3 Å². The number of nitrogens with zero attached hydrogens (tertiary/aromatic N) is 1. The van der Waals surface area contributed by atoms with Crippen molar-refractivity contribution < 1.29 is 9.84 Å². The molecule has 0 aliphatic carbocycles. The van der Waals surface area contributed by atoms with Gasteiger partial charge < -0.3 is 9.84 Å². The average Bonchev–Trinajstić information content (AvgIpc) is 2.78. The van der Waals surface area contributed by atoms with E-state index in [0.29, 0.717) is 0 Å². The Balaban J connectivity index is 2.48. The van der Waals surface area contributed by atoms with E-state index < -0.39 is 6.10 Å². The molecular weight excluding hydrogens is 246 g/mol. The highest BCUT2D eigenvalue weighted by molar-refractivity contribution is 7.11. The second kappa shape index (κ2) is 5.08. The quantitative estimate of drug-likeness (QED) is 0.925. The molecule has 0 fully saturated rings. The van der Waals surface area contributed by atoms with Crippen LogP contribution in [0.2, 0.25) is 0 Å². The molecule has 0 radical (unpaired) electrons. The Bertz CT molecular complexity index is 563. The summed E-state index contributed by atoms with van der Waals surface area (Å²) < 4.78 is 5.43. The topological polar surface area (TPSA) is 42.4 Å². The van der Waals surface area contributed by atoms with Crippen molar-refractivity contribution in [1.82, 2.24) is 4.98 Å². The molecule has 0 aliphatic rings. The van der Waals surface area contributed by atoms with Crippen molar-refractivity contribution in [3.05, 3.63) is 44.9 Å². The molecule has 2 rings (SSSR count). The van der Waals surface area contributed by atoms with E-state index in [4.69, 9.17) is 4.74 Å². The fraction of sp³-hybridized carbons (Fsp3) is 0.357. The van der Waals surface area contributed by atoms with Crippen LogP contribution < -0.4 is 4.74 Å². The zero-order valence-electron chi connectivity index (χ0n) is 11.0. The maximum Gasteiger partial charge on any atom is 0.128 e. The standard InChI is InChI=1S/C14H17NO2S/c1-8-5-6-11(14(17-4)9(8)2)13(16)12-7-15-10(3)18-12/h5-7,13,16H,1-4H3. The molecule has 1 unspecified atom stereocenters. The van der Waals surface area contributed by atoms with Gasteiger partial charge in [0.2, 0.25) is 0 Å². The van der Waals surface area contributed by atoms with Crippen LogP contribution in [0.25, 0.3) is 0 Å². The minimum Gasteiger partial charge on any atom is -0.496 e. The number of rotatable bonds is 3. The summed E-state index contributed by atoms with van der Waals surface area (Å²) in [6.07, 6.45) is 1.05. The summed E-state index contributed by atoms with van der Waals surface area (Å²) in [6.45, 7) is 5.96. The third kappa shape index (κ3) is 2.26. The van der Waals surface area contributed by atoms with Crippen LogP contribution in [0.15, 0.2) is 18.3 Å². The maximum atomic E-state index is 10.4. The first-order valence-corrected chi connectivity index (χ1v) is 6.60. The largest absolute Gasteiger partial charge is 0.496 e. The molecule has 4 heteroatoms. The fourth-order valence-electron chi connectivity index (χ4n) is 1.95. The molecule has 96 valence electrons. The molecule has 0 saturated heterocycles. The smallest absolute Gasteiger partial charge is 0.128 e. The molecule has 3 nitrogen and oxygen atoms in total. The van der Waals surface area contributed by atoms with E-state index in [1.54, 1.807) is 13.3 Å². The number of hydrogen-bond donors (Lipinski definition) is 1. The third-order valence-corrected chi connectivity index (χ3v) is 4.08. The molecule has 0 amide bonds. The lowest BCUT2D eigenvalue weighted by molar-refractivity contribution is 0.218. The number of aromatic nitrogens is 1. The van der Waals surface area contributed by atoms with E-state index in [2.05, 4.69) is 4.98 Å². The second-order valence-electron chi connectivity index (χ2n) is 4.31. The Hall–Kier alpha value is -1.39. The number of aryl methyl sites for hydroxylation is 2. The van der Waals surface area contributed by atoms with Gasteiger partial charge in [0, 0.05) is 11.8 Å². The first-order chi connectivity index (χ1) is 8.54. The Morgan fingerprint density at radius 1 is 1.28 bits per heavy atom. The van der Waals surface area contributed by atoms with Crippen molar-refractivity contribution in [2.45, 2.75) is 26.9 Å². The average molecular weight is 263 g/mol. The van der Waals surface area contributed by atoms with Gasteiger partial charge in [-0.1, -0.05) is 12.1 Å². The minimum absolute atomic E-state index is 0.676. The Morgan fingerprint density at radius 3 is 2.56 bits per heavy atom. The highest BCUT2D eigenvalue weighted by atomic mass is 32.1. The monoisotopic (exact) mass is 263 g/mol. The van der Waals surface area contributed by atoms with Gasteiger partial charge in [-0.25, -0.2) is 4.98 Å². The summed E-state index contributed by atoms with van der Waals surface area (Å²) in [5.74, 6) is 0.758.